The number of likely N-dealkylation sites (tertiary alicyclic amines) is 1. The average molecular weight is 296 g/mol. The van der Waals surface area contributed by atoms with Gasteiger partial charge in [0.15, 0.2) is 0 Å². The van der Waals surface area contributed by atoms with Crippen molar-refractivity contribution in [3.05, 3.63) is 42.1 Å². The summed E-state index contributed by atoms with van der Waals surface area (Å²) in [5.41, 5.74) is 2.61. The number of fused-ring (bicyclic) bond motifs is 1. The van der Waals surface area contributed by atoms with Gasteiger partial charge >= 0.3 is 0 Å². The topological polar surface area (TPSA) is 25.4 Å². The molecule has 2 aromatic rings. The Hall–Kier alpha value is -1.45. The van der Waals surface area contributed by atoms with Crippen LogP contribution in [0.2, 0.25) is 0 Å². The molecule has 0 amide bonds. The van der Waals surface area contributed by atoms with Crippen molar-refractivity contribution in [2.75, 3.05) is 26.3 Å². The third-order valence-corrected chi connectivity index (χ3v) is 5.30. The zero-order valence-corrected chi connectivity index (χ0v) is 13.1. The molecule has 0 radical (unpaired) electrons. The summed E-state index contributed by atoms with van der Waals surface area (Å²) in [6, 6.07) is 11.5. The molecule has 3 nitrogen and oxygen atoms in total. The maximum absolute atomic E-state index is 5.53. The highest BCUT2D eigenvalue weighted by atomic mass is 16.5. The van der Waals surface area contributed by atoms with Gasteiger partial charge in [0, 0.05) is 24.2 Å². The number of rotatable bonds is 3. The number of hydrogen-bond acceptors (Lipinski definition) is 3. The van der Waals surface area contributed by atoms with E-state index in [0.29, 0.717) is 6.04 Å². The summed E-state index contributed by atoms with van der Waals surface area (Å²) < 4.78 is 5.53. The number of nitrogens with zero attached hydrogens (tertiary/aromatic N) is 2. The molecule has 116 valence electrons. The minimum Gasteiger partial charge on any atom is -0.380 e. The van der Waals surface area contributed by atoms with E-state index >= 15 is 0 Å². The van der Waals surface area contributed by atoms with Gasteiger partial charge in [0.1, 0.15) is 0 Å². The second kappa shape index (κ2) is 6.35. The Morgan fingerprint density at radius 2 is 1.95 bits per heavy atom. The van der Waals surface area contributed by atoms with Gasteiger partial charge in [0.2, 0.25) is 0 Å². The van der Waals surface area contributed by atoms with Crippen LogP contribution in [0.15, 0.2) is 36.5 Å². The molecule has 4 rings (SSSR count). The summed E-state index contributed by atoms with van der Waals surface area (Å²) in [4.78, 5) is 7.24. The number of piperidine rings is 1. The van der Waals surface area contributed by atoms with Crippen molar-refractivity contribution in [3.8, 4) is 0 Å². The zero-order chi connectivity index (χ0) is 14.8. The van der Waals surface area contributed by atoms with E-state index in [1.165, 1.54) is 55.2 Å². The highest BCUT2D eigenvalue weighted by Crippen LogP contribution is 2.27. The summed E-state index contributed by atoms with van der Waals surface area (Å²) >= 11 is 0. The molecule has 0 unspecified atom stereocenters. The van der Waals surface area contributed by atoms with Crippen LogP contribution in [-0.2, 0) is 11.2 Å². The maximum Gasteiger partial charge on any atom is 0.0733 e. The monoisotopic (exact) mass is 296 g/mol. The van der Waals surface area contributed by atoms with E-state index in [1.807, 2.05) is 12.3 Å². The summed E-state index contributed by atoms with van der Waals surface area (Å²) in [5, 5.41) is 1.26. The van der Waals surface area contributed by atoms with Crippen molar-refractivity contribution in [2.24, 2.45) is 5.92 Å². The number of ether oxygens (including phenoxy) is 1. The van der Waals surface area contributed by atoms with Crippen LogP contribution in [0.3, 0.4) is 0 Å². The van der Waals surface area contributed by atoms with E-state index in [1.54, 1.807) is 0 Å². The standard InChI is InChI=1S/C19H24N2O/c1-3-16-5-2-9-20-19(16)17(4-1)13-15-6-10-21(11-7-15)18-8-12-22-14-18/h1-5,9,15,18H,6-8,10-14H2/t18-/m1/s1. The second-order valence-electron chi connectivity index (χ2n) is 6.69. The number of benzene rings is 1. The Morgan fingerprint density at radius 3 is 2.77 bits per heavy atom. The molecule has 3 heteroatoms. The number of para-hydroxylation sites is 1. The predicted octanol–water partition coefficient (Wildman–Crippen LogP) is 3.28. The summed E-state index contributed by atoms with van der Waals surface area (Å²) in [6.45, 7) is 4.36. The third-order valence-electron chi connectivity index (χ3n) is 5.30. The molecule has 3 heterocycles. The zero-order valence-electron chi connectivity index (χ0n) is 13.1. The van der Waals surface area contributed by atoms with E-state index < -0.39 is 0 Å². The first-order valence-electron chi connectivity index (χ1n) is 8.54. The Balaban J connectivity index is 1.41. The predicted molar refractivity (Wildman–Crippen MR) is 89.0 cm³/mol. The Labute approximate surface area is 132 Å². The molecule has 0 spiro atoms. The minimum absolute atomic E-state index is 0.681. The lowest BCUT2D eigenvalue weighted by atomic mass is 9.88. The normalized spacial score (nSPS) is 24.1. The first-order chi connectivity index (χ1) is 10.9. The van der Waals surface area contributed by atoms with Crippen molar-refractivity contribution < 1.29 is 4.74 Å². The van der Waals surface area contributed by atoms with Crippen molar-refractivity contribution >= 4 is 10.9 Å². The van der Waals surface area contributed by atoms with Crippen LogP contribution in [0.1, 0.15) is 24.8 Å². The van der Waals surface area contributed by atoms with Crippen LogP contribution in [0.4, 0.5) is 0 Å². The first-order valence-corrected chi connectivity index (χ1v) is 8.54. The van der Waals surface area contributed by atoms with Gasteiger partial charge in [-0.05, 0) is 56.3 Å². The SMILES string of the molecule is c1cnc2c(CC3CCN([C@@H]4CCOC4)CC3)cccc2c1. The fraction of sp³-hybridized carbons (Fsp3) is 0.526. The van der Waals surface area contributed by atoms with Gasteiger partial charge in [-0.15, -0.1) is 0 Å². The van der Waals surface area contributed by atoms with Gasteiger partial charge in [0.25, 0.3) is 0 Å². The molecule has 2 fully saturated rings. The van der Waals surface area contributed by atoms with E-state index in [4.69, 9.17) is 4.74 Å². The van der Waals surface area contributed by atoms with Crippen LogP contribution < -0.4 is 0 Å². The van der Waals surface area contributed by atoms with Crippen LogP contribution >= 0.6 is 0 Å². The minimum atomic E-state index is 0.681. The van der Waals surface area contributed by atoms with E-state index in [9.17, 15) is 0 Å². The number of aromatic nitrogens is 1. The summed E-state index contributed by atoms with van der Waals surface area (Å²) in [7, 11) is 0. The van der Waals surface area contributed by atoms with Crippen LogP contribution in [0.5, 0.6) is 0 Å². The quantitative estimate of drug-likeness (QED) is 0.869. The van der Waals surface area contributed by atoms with Gasteiger partial charge < -0.3 is 4.74 Å². The molecule has 0 N–H and O–H groups in total. The van der Waals surface area contributed by atoms with E-state index in [0.717, 1.165) is 19.1 Å². The highest BCUT2D eigenvalue weighted by Gasteiger charge is 2.27. The lowest BCUT2D eigenvalue weighted by Crippen LogP contribution is -2.42. The molecule has 0 bridgehead atoms. The van der Waals surface area contributed by atoms with Crippen molar-refractivity contribution in [1.82, 2.24) is 9.88 Å². The third kappa shape index (κ3) is 2.88. The molecule has 1 atom stereocenters. The molecule has 1 aromatic carbocycles. The lowest BCUT2D eigenvalue weighted by molar-refractivity contribution is 0.110. The Bertz CT molecular complexity index is 623. The second-order valence-corrected chi connectivity index (χ2v) is 6.69. The van der Waals surface area contributed by atoms with Crippen molar-refractivity contribution in [3.63, 3.8) is 0 Å². The van der Waals surface area contributed by atoms with E-state index in [2.05, 4.69) is 34.1 Å². The molecular formula is C19H24N2O. The number of pyridine rings is 1. The molecule has 0 saturated carbocycles. The summed E-state index contributed by atoms with van der Waals surface area (Å²) in [5.74, 6) is 0.797. The molecule has 2 saturated heterocycles. The fourth-order valence-corrected chi connectivity index (χ4v) is 3.98. The van der Waals surface area contributed by atoms with Crippen molar-refractivity contribution in [1.29, 1.82) is 0 Å². The Morgan fingerprint density at radius 1 is 1.09 bits per heavy atom. The van der Waals surface area contributed by atoms with Gasteiger partial charge in [0.05, 0.1) is 12.1 Å². The average Bonchev–Trinajstić information content (AvgIpc) is 3.10. The number of hydrogen-bond donors (Lipinski definition) is 0. The van der Waals surface area contributed by atoms with Gasteiger partial charge in [-0.2, -0.15) is 0 Å². The van der Waals surface area contributed by atoms with E-state index in [-0.39, 0.29) is 0 Å². The molecule has 1 aromatic heterocycles. The molecule has 0 aliphatic carbocycles. The fourth-order valence-electron chi connectivity index (χ4n) is 3.98. The van der Waals surface area contributed by atoms with Crippen LogP contribution in [0, 0.1) is 5.92 Å². The molecular weight excluding hydrogens is 272 g/mol. The molecule has 2 aliphatic heterocycles. The first kappa shape index (κ1) is 14.2. The molecule has 22 heavy (non-hydrogen) atoms. The van der Waals surface area contributed by atoms with Gasteiger partial charge in [-0.1, -0.05) is 24.3 Å². The van der Waals surface area contributed by atoms with Crippen LogP contribution in [0.25, 0.3) is 10.9 Å². The maximum atomic E-state index is 5.53. The highest BCUT2D eigenvalue weighted by molar-refractivity contribution is 5.81. The summed E-state index contributed by atoms with van der Waals surface area (Å²) in [6.07, 6.45) is 6.91. The van der Waals surface area contributed by atoms with Gasteiger partial charge in [-0.25, -0.2) is 0 Å². The molecule has 2 aliphatic rings. The lowest BCUT2D eigenvalue weighted by Gasteiger charge is -2.35. The Kier molecular flexibility index (Phi) is 4.09. The van der Waals surface area contributed by atoms with Gasteiger partial charge in [-0.3, -0.25) is 9.88 Å². The van der Waals surface area contributed by atoms with Crippen LogP contribution in [-0.4, -0.2) is 42.2 Å². The van der Waals surface area contributed by atoms with Crippen molar-refractivity contribution in [2.45, 2.75) is 31.7 Å². The smallest absolute Gasteiger partial charge is 0.0733 e. The largest absolute Gasteiger partial charge is 0.380 e.